The van der Waals surface area contributed by atoms with Crippen LogP contribution < -0.4 is 5.32 Å². The van der Waals surface area contributed by atoms with Gasteiger partial charge in [-0.25, -0.2) is 0 Å². The Kier molecular flexibility index (Phi) is 4.70. The number of nitrogens with one attached hydrogen (secondary N) is 1. The van der Waals surface area contributed by atoms with Crippen molar-refractivity contribution in [3.8, 4) is 0 Å². The first-order chi connectivity index (χ1) is 5.16. The molecule has 0 aromatic carbocycles. The van der Waals surface area contributed by atoms with E-state index in [0.717, 1.165) is 13.1 Å². The Morgan fingerprint density at radius 2 is 2.08 bits per heavy atom. The molecule has 12 heavy (non-hydrogen) atoms. The zero-order chi connectivity index (χ0) is 8.32. The predicted molar refractivity (Wildman–Crippen MR) is 49.1 cm³/mol. The Labute approximate surface area is 74.2 Å². The molecule has 0 bridgehead atoms. The van der Waals surface area contributed by atoms with Gasteiger partial charge in [0.1, 0.15) is 5.60 Å². The summed E-state index contributed by atoms with van der Waals surface area (Å²) in [7, 11) is 1.97. The molecule has 3 N–H and O–H groups in total. The SMILES string of the molecule is C.CN1CC(O)(CNCCO)C1. The number of likely N-dealkylation sites (N-methyl/N-ethyl adjacent to an activating group) is 1. The van der Waals surface area contributed by atoms with Gasteiger partial charge in [0.2, 0.25) is 0 Å². The van der Waals surface area contributed by atoms with Crippen LogP contribution >= 0.6 is 0 Å². The number of aliphatic hydroxyl groups excluding tert-OH is 1. The second kappa shape index (κ2) is 4.77. The number of nitrogens with zero attached hydrogens (tertiary/aromatic N) is 1. The largest absolute Gasteiger partial charge is 0.395 e. The van der Waals surface area contributed by atoms with Crippen LogP contribution in [0.4, 0.5) is 0 Å². The summed E-state index contributed by atoms with van der Waals surface area (Å²) < 4.78 is 0. The van der Waals surface area contributed by atoms with E-state index in [9.17, 15) is 5.11 Å². The van der Waals surface area contributed by atoms with Crippen molar-refractivity contribution in [3.05, 3.63) is 0 Å². The normalized spacial score (nSPS) is 21.2. The standard InChI is InChI=1S/C7H16N2O2.CH4/c1-9-5-7(11,6-9)4-8-2-3-10;/h8,10-11H,2-6H2,1H3;1H4. The summed E-state index contributed by atoms with van der Waals surface area (Å²) in [6, 6.07) is 0. The maximum atomic E-state index is 9.62. The topological polar surface area (TPSA) is 55.7 Å². The fourth-order valence-electron chi connectivity index (χ4n) is 1.47. The van der Waals surface area contributed by atoms with E-state index >= 15 is 0 Å². The monoisotopic (exact) mass is 176 g/mol. The lowest BCUT2D eigenvalue weighted by atomic mass is 9.95. The van der Waals surface area contributed by atoms with Crippen LogP contribution in [0.25, 0.3) is 0 Å². The van der Waals surface area contributed by atoms with Crippen molar-refractivity contribution in [2.24, 2.45) is 0 Å². The Morgan fingerprint density at radius 3 is 2.50 bits per heavy atom. The van der Waals surface area contributed by atoms with Gasteiger partial charge in [-0.1, -0.05) is 7.43 Å². The predicted octanol–water partition coefficient (Wildman–Crippen LogP) is -1.12. The average molecular weight is 176 g/mol. The lowest BCUT2D eigenvalue weighted by Crippen LogP contribution is -2.64. The van der Waals surface area contributed by atoms with Gasteiger partial charge in [0, 0.05) is 26.2 Å². The first-order valence-electron chi connectivity index (χ1n) is 3.89. The maximum Gasteiger partial charge on any atom is 0.102 e. The molecular weight excluding hydrogens is 156 g/mol. The molecule has 0 spiro atoms. The summed E-state index contributed by atoms with van der Waals surface area (Å²) in [5.74, 6) is 0. The fraction of sp³-hybridized carbons (Fsp3) is 1.00. The minimum atomic E-state index is -0.552. The van der Waals surface area contributed by atoms with Crippen LogP contribution in [0, 0.1) is 0 Å². The van der Waals surface area contributed by atoms with Crippen LogP contribution in [0.5, 0.6) is 0 Å². The summed E-state index contributed by atoms with van der Waals surface area (Å²) in [4.78, 5) is 2.06. The van der Waals surface area contributed by atoms with Crippen molar-refractivity contribution in [2.75, 3.05) is 39.8 Å². The molecule has 4 heteroatoms. The smallest absolute Gasteiger partial charge is 0.102 e. The van der Waals surface area contributed by atoms with Gasteiger partial charge >= 0.3 is 0 Å². The van der Waals surface area contributed by atoms with Gasteiger partial charge in [0.25, 0.3) is 0 Å². The summed E-state index contributed by atoms with van der Waals surface area (Å²) in [6.45, 7) is 2.73. The van der Waals surface area contributed by atoms with Gasteiger partial charge in [-0.3, -0.25) is 0 Å². The zero-order valence-corrected chi connectivity index (χ0v) is 6.88. The van der Waals surface area contributed by atoms with Crippen LogP contribution in [-0.2, 0) is 0 Å². The van der Waals surface area contributed by atoms with E-state index < -0.39 is 5.60 Å². The van der Waals surface area contributed by atoms with Crippen molar-refractivity contribution in [3.63, 3.8) is 0 Å². The molecule has 0 aromatic rings. The summed E-state index contributed by atoms with van der Waals surface area (Å²) >= 11 is 0. The molecule has 1 fully saturated rings. The molecule has 1 saturated heterocycles. The Bertz CT molecular complexity index is 124. The van der Waals surface area contributed by atoms with Crippen molar-refractivity contribution in [1.82, 2.24) is 10.2 Å². The average Bonchev–Trinajstić information content (AvgIpc) is 1.85. The summed E-state index contributed by atoms with van der Waals surface area (Å²) in [5, 5.41) is 21.0. The van der Waals surface area contributed by atoms with E-state index in [1.54, 1.807) is 0 Å². The van der Waals surface area contributed by atoms with Crippen molar-refractivity contribution in [2.45, 2.75) is 13.0 Å². The molecule has 1 aliphatic rings. The number of aliphatic hydroxyl groups is 2. The minimum Gasteiger partial charge on any atom is -0.395 e. The van der Waals surface area contributed by atoms with Gasteiger partial charge in [-0.2, -0.15) is 0 Å². The molecule has 0 unspecified atom stereocenters. The fourth-order valence-corrected chi connectivity index (χ4v) is 1.47. The minimum absolute atomic E-state index is 0. The van der Waals surface area contributed by atoms with Gasteiger partial charge in [0.05, 0.1) is 6.61 Å². The van der Waals surface area contributed by atoms with Crippen molar-refractivity contribution in [1.29, 1.82) is 0 Å². The Balaban J connectivity index is 0.00000121. The lowest BCUT2D eigenvalue weighted by molar-refractivity contribution is -0.0834. The van der Waals surface area contributed by atoms with Gasteiger partial charge in [0.15, 0.2) is 0 Å². The van der Waals surface area contributed by atoms with Gasteiger partial charge in [-0.05, 0) is 7.05 Å². The molecule has 0 aromatic heterocycles. The van der Waals surface area contributed by atoms with E-state index in [1.807, 2.05) is 7.05 Å². The lowest BCUT2D eigenvalue weighted by Gasteiger charge is -2.44. The summed E-state index contributed by atoms with van der Waals surface area (Å²) in [6.07, 6.45) is 0. The van der Waals surface area contributed by atoms with E-state index in [0.29, 0.717) is 13.1 Å². The summed E-state index contributed by atoms with van der Waals surface area (Å²) in [5.41, 5.74) is -0.552. The molecule has 1 rings (SSSR count). The van der Waals surface area contributed by atoms with Crippen LogP contribution in [0.1, 0.15) is 7.43 Å². The van der Waals surface area contributed by atoms with Crippen molar-refractivity contribution >= 4 is 0 Å². The van der Waals surface area contributed by atoms with E-state index in [-0.39, 0.29) is 14.0 Å². The highest BCUT2D eigenvalue weighted by molar-refractivity contribution is 4.95. The first-order valence-corrected chi connectivity index (χ1v) is 3.89. The highest BCUT2D eigenvalue weighted by atomic mass is 16.3. The van der Waals surface area contributed by atoms with Crippen LogP contribution in [-0.4, -0.2) is 60.5 Å². The third kappa shape index (κ3) is 3.06. The number of hydrogen-bond donors (Lipinski definition) is 3. The maximum absolute atomic E-state index is 9.62. The molecule has 0 radical (unpaired) electrons. The first kappa shape index (κ1) is 11.8. The highest BCUT2D eigenvalue weighted by Gasteiger charge is 2.38. The molecule has 1 aliphatic heterocycles. The third-order valence-corrected chi connectivity index (χ3v) is 1.87. The van der Waals surface area contributed by atoms with E-state index in [2.05, 4.69) is 10.2 Å². The third-order valence-electron chi connectivity index (χ3n) is 1.87. The van der Waals surface area contributed by atoms with Gasteiger partial charge in [-0.15, -0.1) is 0 Å². The molecule has 4 nitrogen and oxygen atoms in total. The molecular formula is C8H20N2O2. The van der Waals surface area contributed by atoms with Gasteiger partial charge < -0.3 is 20.4 Å². The van der Waals surface area contributed by atoms with Crippen LogP contribution in [0.2, 0.25) is 0 Å². The van der Waals surface area contributed by atoms with Crippen LogP contribution in [0.15, 0.2) is 0 Å². The van der Waals surface area contributed by atoms with E-state index in [4.69, 9.17) is 5.11 Å². The Hall–Kier alpha value is -0.160. The number of rotatable bonds is 4. The highest BCUT2D eigenvalue weighted by Crippen LogP contribution is 2.16. The van der Waals surface area contributed by atoms with E-state index in [1.165, 1.54) is 0 Å². The molecule has 0 amide bonds. The van der Waals surface area contributed by atoms with Crippen LogP contribution in [0.3, 0.4) is 0 Å². The number of hydrogen-bond acceptors (Lipinski definition) is 4. The second-order valence-corrected chi connectivity index (χ2v) is 3.30. The molecule has 0 aliphatic carbocycles. The Morgan fingerprint density at radius 1 is 1.50 bits per heavy atom. The second-order valence-electron chi connectivity index (χ2n) is 3.30. The molecule has 74 valence electrons. The number of β-amino-alcohol motifs (C(OH)–C–C–N with tert-alkyl or cyclic N) is 1. The molecule has 0 atom stereocenters. The zero-order valence-electron chi connectivity index (χ0n) is 6.88. The quantitative estimate of drug-likeness (QED) is 0.475. The molecule has 1 heterocycles. The molecule has 0 saturated carbocycles. The number of likely N-dealkylation sites (tertiary alicyclic amines) is 1. The van der Waals surface area contributed by atoms with Crippen molar-refractivity contribution < 1.29 is 10.2 Å².